The largest absolute Gasteiger partial charge is 0.346 e. The molecule has 0 radical (unpaired) electrons. The smallest absolute Gasteiger partial charge is 0.222 e. The lowest BCUT2D eigenvalue weighted by atomic mass is 9.93. The SMILES string of the molecule is Cc1cccc2c(C(C)(C)NC(=O)C[C@H]3CCCN3C)nccc12. The van der Waals surface area contributed by atoms with Gasteiger partial charge in [0.15, 0.2) is 0 Å². The first-order valence-corrected chi connectivity index (χ1v) is 8.74. The summed E-state index contributed by atoms with van der Waals surface area (Å²) in [6.45, 7) is 7.26. The predicted octanol–water partition coefficient (Wildman–Crippen LogP) is 3.38. The molecule has 1 saturated heterocycles. The highest BCUT2D eigenvalue weighted by Crippen LogP contribution is 2.28. The number of rotatable bonds is 4. The van der Waals surface area contributed by atoms with E-state index in [1.54, 1.807) is 0 Å². The number of hydrogen-bond acceptors (Lipinski definition) is 3. The summed E-state index contributed by atoms with van der Waals surface area (Å²) in [6.07, 6.45) is 4.69. The molecule has 24 heavy (non-hydrogen) atoms. The molecule has 128 valence electrons. The lowest BCUT2D eigenvalue weighted by Gasteiger charge is -2.28. The Morgan fingerprint density at radius 1 is 1.33 bits per heavy atom. The third-order valence-corrected chi connectivity index (χ3v) is 5.16. The van der Waals surface area contributed by atoms with Gasteiger partial charge in [0.05, 0.1) is 11.2 Å². The number of amides is 1. The van der Waals surface area contributed by atoms with Gasteiger partial charge in [-0.15, -0.1) is 0 Å². The van der Waals surface area contributed by atoms with E-state index < -0.39 is 5.54 Å². The first-order valence-electron chi connectivity index (χ1n) is 8.74. The van der Waals surface area contributed by atoms with Crippen molar-refractivity contribution in [2.24, 2.45) is 0 Å². The topological polar surface area (TPSA) is 45.2 Å². The van der Waals surface area contributed by atoms with E-state index in [0.717, 1.165) is 24.0 Å². The second kappa shape index (κ2) is 6.52. The number of nitrogens with zero attached hydrogens (tertiary/aromatic N) is 2. The van der Waals surface area contributed by atoms with Crippen molar-refractivity contribution >= 4 is 16.7 Å². The van der Waals surface area contributed by atoms with E-state index in [1.165, 1.54) is 17.4 Å². The summed E-state index contributed by atoms with van der Waals surface area (Å²) >= 11 is 0. The third kappa shape index (κ3) is 3.29. The molecule has 1 aromatic heterocycles. The highest BCUT2D eigenvalue weighted by molar-refractivity contribution is 5.88. The first kappa shape index (κ1) is 16.9. The van der Waals surface area contributed by atoms with Crippen LogP contribution in [0.4, 0.5) is 0 Å². The Hall–Kier alpha value is -1.94. The fraction of sp³-hybridized carbons (Fsp3) is 0.500. The fourth-order valence-electron chi connectivity index (χ4n) is 3.77. The van der Waals surface area contributed by atoms with E-state index in [1.807, 2.05) is 32.2 Å². The Morgan fingerprint density at radius 2 is 2.12 bits per heavy atom. The van der Waals surface area contributed by atoms with Crippen LogP contribution in [0.15, 0.2) is 30.5 Å². The molecular weight excluding hydrogens is 298 g/mol. The molecule has 2 aromatic rings. The molecule has 1 fully saturated rings. The minimum atomic E-state index is -0.498. The van der Waals surface area contributed by atoms with Gasteiger partial charge < -0.3 is 10.2 Å². The molecule has 2 heterocycles. The number of benzene rings is 1. The van der Waals surface area contributed by atoms with Gasteiger partial charge in [-0.1, -0.05) is 18.2 Å². The molecule has 4 heteroatoms. The van der Waals surface area contributed by atoms with Crippen LogP contribution >= 0.6 is 0 Å². The number of likely N-dealkylation sites (tertiary alicyclic amines) is 1. The lowest BCUT2D eigenvalue weighted by Crippen LogP contribution is -2.44. The molecule has 1 aliphatic heterocycles. The Balaban J connectivity index is 1.83. The maximum Gasteiger partial charge on any atom is 0.222 e. The van der Waals surface area contributed by atoms with E-state index in [9.17, 15) is 4.79 Å². The van der Waals surface area contributed by atoms with Crippen molar-refractivity contribution in [3.8, 4) is 0 Å². The fourth-order valence-corrected chi connectivity index (χ4v) is 3.77. The van der Waals surface area contributed by atoms with Gasteiger partial charge in [-0.2, -0.15) is 0 Å². The molecule has 0 bridgehead atoms. The zero-order chi connectivity index (χ0) is 17.3. The van der Waals surface area contributed by atoms with Crippen LogP contribution in [0.25, 0.3) is 10.8 Å². The number of hydrogen-bond donors (Lipinski definition) is 1. The quantitative estimate of drug-likeness (QED) is 0.937. The molecule has 1 amide bonds. The number of carbonyl (C=O) groups is 1. The second-order valence-electron chi connectivity index (χ2n) is 7.48. The number of nitrogens with one attached hydrogen (secondary N) is 1. The maximum atomic E-state index is 12.6. The predicted molar refractivity (Wildman–Crippen MR) is 97.9 cm³/mol. The Labute approximate surface area is 144 Å². The van der Waals surface area contributed by atoms with Crippen molar-refractivity contribution < 1.29 is 4.79 Å². The van der Waals surface area contributed by atoms with Crippen LogP contribution in [0.1, 0.15) is 44.4 Å². The monoisotopic (exact) mass is 325 g/mol. The van der Waals surface area contributed by atoms with Crippen molar-refractivity contribution in [2.45, 2.75) is 51.6 Å². The van der Waals surface area contributed by atoms with Crippen LogP contribution in [-0.4, -0.2) is 35.4 Å². The van der Waals surface area contributed by atoms with Crippen LogP contribution < -0.4 is 5.32 Å². The molecule has 1 aromatic carbocycles. The first-order chi connectivity index (χ1) is 11.4. The van der Waals surface area contributed by atoms with Crippen LogP contribution in [0.2, 0.25) is 0 Å². The zero-order valence-corrected chi connectivity index (χ0v) is 15.1. The van der Waals surface area contributed by atoms with Gasteiger partial charge in [-0.3, -0.25) is 9.78 Å². The van der Waals surface area contributed by atoms with Crippen LogP contribution in [0.3, 0.4) is 0 Å². The van der Waals surface area contributed by atoms with Gasteiger partial charge >= 0.3 is 0 Å². The Morgan fingerprint density at radius 3 is 2.83 bits per heavy atom. The summed E-state index contributed by atoms with van der Waals surface area (Å²) in [6, 6.07) is 8.65. The summed E-state index contributed by atoms with van der Waals surface area (Å²) in [5.74, 6) is 0.102. The van der Waals surface area contributed by atoms with Crippen molar-refractivity contribution in [3.05, 3.63) is 41.7 Å². The Bertz CT molecular complexity index is 754. The van der Waals surface area contributed by atoms with Gasteiger partial charge in [-0.25, -0.2) is 0 Å². The minimum absolute atomic E-state index is 0.102. The van der Waals surface area contributed by atoms with E-state index in [4.69, 9.17) is 0 Å². The van der Waals surface area contributed by atoms with Gasteiger partial charge in [0.25, 0.3) is 0 Å². The normalized spacial score (nSPS) is 18.9. The summed E-state index contributed by atoms with van der Waals surface area (Å²) in [4.78, 5) is 19.4. The average Bonchev–Trinajstić information content (AvgIpc) is 2.91. The molecular formula is C20H27N3O. The molecule has 4 nitrogen and oxygen atoms in total. The molecule has 0 saturated carbocycles. The van der Waals surface area contributed by atoms with Gasteiger partial charge in [0, 0.05) is 24.0 Å². The minimum Gasteiger partial charge on any atom is -0.346 e. The van der Waals surface area contributed by atoms with E-state index in [0.29, 0.717) is 12.5 Å². The van der Waals surface area contributed by atoms with Crippen LogP contribution in [0.5, 0.6) is 0 Å². The molecule has 0 aliphatic carbocycles. The Kier molecular flexibility index (Phi) is 4.59. The van der Waals surface area contributed by atoms with Crippen LogP contribution in [-0.2, 0) is 10.3 Å². The van der Waals surface area contributed by atoms with Crippen LogP contribution in [0, 0.1) is 6.92 Å². The lowest BCUT2D eigenvalue weighted by molar-refractivity contribution is -0.123. The molecule has 0 spiro atoms. The molecule has 1 atom stereocenters. The number of carbonyl (C=O) groups excluding carboxylic acids is 1. The van der Waals surface area contributed by atoms with Crippen molar-refractivity contribution in [1.29, 1.82) is 0 Å². The second-order valence-corrected chi connectivity index (χ2v) is 7.48. The molecule has 1 aliphatic rings. The molecule has 1 N–H and O–H groups in total. The number of pyridine rings is 1. The summed E-state index contributed by atoms with van der Waals surface area (Å²) in [5, 5.41) is 5.51. The van der Waals surface area contributed by atoms with Crippen molar-refractivity contribution in [1.82, 2.24) is 15.2 Å². The highest BCUT2D eigenvalue weighted by atomic mass is 16.1. The van der Waals surface area contributed by atoms with Crippen molar-refractivity contribution in [3.63, 3.8) is 0 Å². The third-order valence-electron chi connectivity index (χ3n) is 5.16. The van der Waals surface area contributed by atoms with E-state index in [2.05, 4.69) is 41.3 Å². The van der Waals surface area contributed by atoms with E-state index >= 15 is 0 Å². The number of fused-ring (bicyclic) bond motifs is 1. The average molecular weight is 325 g/mol. The van der Waals surface area contributed by atoms with Crippen molar-refractivity contribution in [2.75, 3.05) is 13.6 Å². The van der Waals surface area contributed by atoms with E-state index in [-0.39, 0.29) is 5.91 Å². The molecule has 0 unspecified atom stereocenters. The maximum absolute atomic E-state index is 12.6. The highest BCUT2D eigenvalue weighted by Gasteiger charge is 2.29. The van der Waals surface area contributed by atoms with Gasteiger partial charge in [0.1, 0.15) is 0 Å². The summed E-state index contributed by atoms with van der Waals surface area (Å²) < 4.78 is 0. The number of aryl methyl sites for hydroxylation is 1. The molecule has 3 rings (SSSR count). The summed E-state index contributed by atoms with van der Waals surface area (Å²) in [7, 11) is 2.10. The standard InChI is InChI=1S/C20H27N3O/c1-14-7-5-9-17-16(14)10-11-21-19(17)20(2,3)22-18(24)13-15-8-6-12-23(15)4/h5,7,9-11,15H,6,8,12-13H2,1-4H3,(H,22,24)/t15-/m1/s1. The van der Waals surface area contributed by atoms with Gasteiger partial charge in [0.2, 0.25) is 5.91 Å². The summed E-state index contributed by atoms with van der Waals surface area (Å²) in [5.41, 5.74) is 1.66. The van der Waals surface area contributed by atoms with Gasteiger partial charge in [-0.05, 0) is 64.2 Å². The number of aromatic nitrogens is 1. The zero-order valence-electron chi connectivity index (χ0n) is 15.1.